The monoisotopic (exact) mass is 378 g/mol. The van der Waals surface area contributed by atoms with Crippen molar-refractivity contribution in [3.05, 3.63) is 52.6 Å². The van der Waals surface area contributed by atoms with E-state index in [2.05, 4.69) is 0 Å². The summed E-state index contributed by atoms with van der Waals surface area (Å²) in [7, 11) is 0. The summed E-state index contributed by atoms with van der Waals surface area (Å²) in [5.41, 5.74) is -0.247. The molecular weight excluding hydrogens is 361 g/mol. The van der Waals surface area contributed by atoms with Gasteiger partial charge in [-0.3, -0.25) is 0 Å². The molecule has 1 aliphatic heterocycles. The predicted octanol–water partition coefficient (Wildman–Crippen LogP) is 5.34. The Bertz CT molecular complexity index is 603. The van der Waals surface area contributed by atoms with Crippen LogP contribution in [0.2, 0.25) is 5.02 Å². The number of hydrogen-bond acceptors (Lipinski definition) is 3. The Kier molecular flexibility index (Phi) is 6.80. The van der Waals surface area contributed by atoms with Gasteiger partial charge in [-0.1, -0.05) is 23.7 Å². The zero-order chi connectivity index (χ0) is 17.7. The van der Waals surface area contributed by atoms with Crippen LogP contribution in [0, 0.1) is 0 Å². The highest BCUT2D eigenvalue weighted by Gasteiger charge is 2.34. The zero-order valence-electron chi connectivity index (χ0n) is 13.3. The fraction of sp³-hybridized carbons (Fsp3) is 0.412. The Hall–Kier alpha value is -0.950. The van der Waals surface area contributed by atoms with Gasteiger partial charge in [0.15, 0.2) is 6.29 Å². The second kappa shape index (κ2) is 8.43. The van der Waals surface area contributed by atoms with Gasteiger partial charge in [0.1, 0.15) is 0 Å². The van der Waals surface area contributed by atoms with Gasteiger partial charge in [-0.15, -0.1) is 0 Å². The maximum atomic E-state index is 13.3. The van der Waals surface area contributed by atoms with Gasteiger partial charge in [0, 0.05) is 5.02 Å². The number of alkyl halides is 3. The molecular formula is C17H18ClF3O2S. The summed E-state index contributed by atoms with van der Waals surface area (Å²) in [6, 6.07) is 5.58. The second-order valence-corrected chi connectivity index (χ2v) is 6.94. The summed E-state index contributed by atoms with van der Waals surface area (Å²) in [6.45, 7) is 2.63. The Morgan fingerprint density at radius 2 is 1.79 bits per heavy atom. The SMILES string of the molecule is CSC1COC(/C=C(C)/C=C(/c2ccc(Cl)cc2)C(F)(F)F)OC1. The van der Waals surface area contributed by atoms with Crippen LogP contribution in [0.3, 0.4) is 0 Å². The van der Waals surface area contributed by atoms with E-state index in [1.807, 2.05) is 6.26 Å². The molecule has 0 unspecified atom stereocenters. The van der Waals surface area contributed by atoms with Gasteiger partial charge in [0.2, 0.25) is 0 Å². The van der Waals surface area contributed by atoms with Crippen LogP contribution in [-0.2, 0) is 9.47 Å². The number of thioether (sulfide) groups is 1. The normalized spacial score (nSPS) is 23.4. The van der Waals surface area contributed by atoms with Crippen molar-refractivity contribution in [3.63, 3.8) is 0 Å². The lowest BCUT2D eigenvalue weighted by molar-refractivity contribution is -0.146. The first-order valence-electron chi connectivity index (χ1n) is 7.29. The molecule has 0 amide bonds. The van der Waals surface area contributed by atoms with E-state index in [1.54, 1.807) is 24.8 Å². The van der Waals surface area contributed by atoms with Crippen molar-refractivity contribution >= 4 is 28.9 Å². The van der Waals surface area contributed by atoms with E-state index in [0.717, 1.165) is 6.08 Å². The van der Waals surface area contributed by atoms with Crippen molar-refractivity contribution < 1.29 is 22.6 Å². The van der Waals surface area contributed by atoms with Crippen molar-refractivity contribution in [2.75, 3.05) is 19.5 Å². The summed E-state index contributed by atoms with van der Waals surface area (Å²) in [5, 5.41) is 0.644. The summed E-state index contributed by atoms with van der Waals surface area (Å²) in [5.74, 6) is 0. The lowest BCUT2D eigenvalue weighted by atomic mass is 10.0. The highest BCUT2D eigenvalue weighted by molar-refractivity contribution is 7.99. The van der Waals surface area contributed by atoms with Gasteiger partial charge in [-0.25, -0.2) is 0 Å². The minimum atomic E-state index is -4.47. The third kappa shape index (κ3) is 5.55. The molecule has 1 heterocycles. The first-order chi connectivity index (χ1) is 11.3. The molecule has 1 aromatic carbocycles. The van der Waals surface area contributed by atoms with Crippen LogP contribution in [0.25, 0.3) is 5.57 Å². The van der Waals surface area contributed by atoms with Crippen LogP contribution in [0.1, 0.15) is 12.5 Å². The van der Waals surface area contributed by atoms with Crippen LogP contribution in [0.5, 0.6) is 0 Å². The number of rotatable bonds is 4. The fourth-order valence-electron chi connectivity index (χ4n) is 2.18. The number of allylic oxidation sites excluding steroid dienone is 3. The van der Waals surface area contributed by atoms with Gasteiger partial charge in [0.25, 0.3) is 0 Å². The van der Waals surface area contributed by atoms with Crippen LogP contribution in [0.15, 0.2) is 42.0 Å². The summed E-state index contributed by atoms with van der Waals surface area (Å²) in [6.07, 6.45) is -0.483. The third-order valence-electron chi connectivity index (χ3n) is 3.46. The second-order valence-electron chi connectivity index (χ2n) is 5.37. The molecule has 2 nitrogen and oxygen atoms in total. The smallest absolute Gasteiger partial charge is 0.348 e. The van der Waals surface area contributed by atoms with E-state index in [0.29, 0.717) is 23.8 Å². The molecule has 0 radical (unpaired) electrons. The maximum absolute atomic E-state index is 13.3. The minimum absolute atomic E-state index is 0.0626. The molecule has 2 rings (SSSR count). The molecule has 0 aliphatic carbocycles. The summed E-state index contributed by atoms with van der Waals surface area (Å²) >= 11 is 7.38. The molecule has 24 heavy (non-hydrogen) atoms. The average molecular weight is 379 g/mol. The molecule has 132 valence electrons. The summed E-state index contributed by atoms with van der Waals surface area (Å²) in [4.78, 5) is 0. The van der Waals surface area contributed by atoms with Crippen molar-refractivity contribution in [1.82, 2.24) is 0 Å². The molecule has 0 N–H and O–H groups in total. The minimum Gasteiger partial charge on any atom is -0.348 e. The molecule has 1 fully saturated rings. The quantitative estimate of drug-likeness (QED) is 0.659. The lowest BCUT2D eigenvalue weighted by Gasteiger charge is -2.26. The van der Waals surface area contributed by atoms with Crippen molar-refractivity contribution in [2.24, 2.45) is 0 Å². The third-order valence-corrected chi connectivity index (χ3v) is 4.65. The Morgan fingerprint density at radius 1 is 1.21 bits per heavy atom. The Morgan fingerprint density at radius 3 is 2.29 bits per heavy atom. The highest BCUT2D eigenvalue weighted by Crippen LogP contribution is 2.35. The molecule has 1 aromatic rings. The standard InChI is InChI=1S/C17H18ClF3O2S/c1-11(8-16-22-9-14(24-2)10-23-16)7-15(17(19,20)21)12-3-5-13(18)6-4-12/h3-8,14,16H,9-10H2,1-2H3/b11-8+,15-7-. The Balaban J connectivity index is 2.20. The first kappa shape index (κ1) is 19.4. The first-order valence-corrected chi connectivity index (χ1v) is 8.95. The highest BCUT2D eigenvalue weighted by atomic mass is 35.5. The zero-order valence-corrected chi connectivity index (χ0v) is 14.8. The molecule has 1 aliphatic rings. The maximum Gasteiger partial charge on any atom is 0.416 e. The molecule has 0 aromatic heterocycles. The predicted molar refractivity (Wildman–Crippen MR) is 92.2 cm³/mol. The van der Waals surface area contributed by atoms with Crippen LogP contribution in [0.4, 0.5) is 13.2 Å². The topological polar surface area (TPSA) is 18.5 Å². The molecule has 0 spiro atoms. The molecule has 7 heteroatoms. The van der Waals surface area contributed by atoms with Gasteiger partial charge >= 0.3 is 6.18 Å². The van der Waals surface area contributed by atoms with E-state index >= 15 is 0 Å². The molecule has 0 atom stereocenters. The number of benzene rings is 1. The van der Waals surface area contributed by atoms with Crippen LogP contribution in [-0.4, -0.2) is 37.2 Å². The van der Waals surface area contributed by atoms with Crippen molar-refractivity contribution in [1.29, 1.82) is 0 Å². The average Bonchev–Trinajstić information content (AvgIpc) is 2.53. The molecule has 0 bridgehead atoms. The van der Waals surface area contributed by atoms with Crippen LogP contribution >= 0.6 is 23.4 Å². The number of ether oxygens (including phenoxy) is 2. The Labute approximate surface area is 148 Å². The number of hydrogen-bond donors (Lipinski definition) is 0. The number of halogens is 4. The van der Waals surface area contributed by atoms with E-state index in [-0.39, 0.29) is 10.8 Å². The van der Waals surface area contributed by atoms with Crippen molar-refractivity contribution in [3.8, 4) is 0 Å². The van der Waals surface area contributed by atoms with E-state index < -0.39 is 18.0 Å². The van der Waals surface area contributed by atoms with Crippen molar-refractivity contribution in [2.45, 2.75) is 24.6 Å². The fourth-order valence-corrected chi connectivity index (χ4v) is 2.74. The van der Waals surface area contributed by atoms with Gasteiger partial charge in [-0.05, 0) is 48.6 Å². The van der Waals surface area contributed by atoms with Gasteiger partial charge < -0.3 is 9.47 Å². The largest absolute Gasteiger partial charge is 0.416 e. The summed E-state index contributed by atoms with van der Waals surface area (Å²) < 4.78 is 51.0. The van der Waals surface area contributed by atoms with E-state index in [9.17, 15) is 13.2 Å². The van der Waals surface area contributed by atoms with Gasteiger partial charge in [0.05, 0.1) is 24.0 Å². The molecule has 1 saturated heterocycles. The van der Waals surface area contributed by atoms with Crippen LogP contribution < -0.4 is 0 Å². The lowest BCUT2D eigenvalue weighted by Crippen LogP contribution is -2.32. The van der Waals surface area contributed by atoms with Gasteiger partial charge in [-0.2, -0.15) is 24.9 Å². The molecule has 0 saturated carbocycles. The van der Waals surface area contributed by atoms with E-state index in [1.165, 1.54) is 24.3 Å². The van der Waals surface area contributed by atoms with E-state index in [4.69, 9.17) is 21.1 Å².